The van der Waals surface area contributed by atoms with Crippen molar-refractivity contribution in [1.29, 1.82) is 0 Å². The van der Waals surface area contributed by atoms with Crippen LogP contribution in [-0.2, 0) is 9.59 Å². The van der Waals surface area contributed by atoms with Gasteiger partial charge in [0, 0.05) is 10.6 Å². The zero-order chi connectivity index (χ0) is 24.1. The monoisotopic (exact) mass is 523 g/mol. The summed E-state index contributed by atoms with van der Waals surface area (Å²) in [6.45, 7) is 0. The van der Waals surface area contributed by atoms with Gasteiger partial charge < -0.3 is 5.11 Å². The van der Waals surface area contributed by atoms with Crippen molar-refractivity contribution in [1.82, 2.24) is 0 Å². The van der Waals surface area contributed by atoms with E-state index in [1.54, 1.807) is 12.1 Å². The molecule has 0 saturated heterocycles. The van der Waals surface area contributed by atoms with E-state index >= 15 is 0 Å². The third-order valence-corrected chi connectivity index (χ3v) is 10.5. The first-order valence-electron chi connectivity index (χ1n) is 10.6. The molecule has 4 rings (SSSR count). The smallest absolute Gasteiger partial charge is 0.377 e. The van der Waals surface area contributed by atoms with Crippen LogP contribution >= 0.6 is 31.3 Å². The Morgan fingerprint density at radius 3 is 1.34 bits per heavy atom. The van der Waals surface area contributed by atoms with Crippen molar-refractivity contribution < 1.29 is 19.5 Å². The highest BCUT2D eigenvalue weighted by Crippen LogP contribution is 2.60. The van der Waals surface area contributed by atoms with Crippen LogP contribution < -0.4 is 15.9 Å². The van der Waals surface area contributed by atoms with Crippen LogP contribution in [0, 0.1) is 0 Å². The second-order valence-electron chi connectivity index (χ2n) is 7.67. The lowest BCUT2D eigenvalue weighted by atomic mass is 10.1. The minimum Gasteiger partial charge on any atom is -0.475 e. The van der Waals surface area contributed by atoms with Crippen molar-refractivity contribution in [2.75, 3.05) is 0 Å². The van der Waals surface area contributed by atoms with E-state index in [0.717, 1.165) is 15.9 Å². The molecule has 4 nitrogen and oxygen atoms in total. The van der Waals surface area contributed by atoms with Gasteiger partial charge in [0.1, 0.15) is 23.2 Å². The number of ketones is 2. The van der Waals surface area contributed by atoms with Gasteiger partial charge in [0.25, 0.3) is 5.78 Å². The van der Waals surface area contributed by atoms with E-state index in [1.165, 1.54) is 12.1 Å². The number of benzene rings is 4. The second kappa shape index (κ2) is 11.4. The first kappa shape index (κ1) is 26.3. The lowest BCUT2D eigenvalue weighted by molar-refractivity contribution is -0.148. The zero-order valence-corrected chi connectivity index (χ0v) is 20.9. The molecule has 4 aromatic rings. The van der Waals surface area contributed by atoms with Crippen molar-refractivity contribution >= 4 is 64.7 Å². The van der Waals surface area contributed by atoms with Gasteiger partial charge in [-0.15, -0.1) is 12.4 Å². The Balaban J connectivity index is 0.00000342. The predicted molar refractivity (Wildman–Crippen MR) is 145 cm³/mol. The molecule has 0 aliphatic heterocycles. The highest BCUT2D eigenvalue weighted by molar-refractivity contribution is 7.97. The molecule has 0 amide bonds. The third-order valence-electron chi connectivity index (χ3n) is 5.71. The van der Waals surface area contributed by atoms with E-state index in [9.17, 15) is 19.5 Å². The molecule has 0 saturated carbocycles. The van der Waals surface area contributed by atoms with Crippen molar-refractivity contribution in [3.8, 4) is 0 Å². The SMILES string of the molecule is Cl.O=C(O)C(=O)C(C(=O)c1ccc(Cl)cc1)[P+](c1ccccc1)(c1ccccc1)c1ccccc1. The van der Waals surface area contributed by atoms with E-state index in [2.05, 4.69) is 0 Å². The average Bonchev–Trinajstić information content (AvgIpc) is 2.88. The summed E-state index contributed by atoms with van der Waals surface area (Å²) in [6.07, 6.45) is 0. The van der Waals surface area contributed by atoms with Gasteiger partial charge in [-0.25, -0.2) is 4.79 Å². The largest absolute Gasteiger partial charge is 0.475 e. The van der Waals surface area contributed by atoms with Crippen LogP contribution in [0.25, 0.3) is 0 Å². The molecule has 0 aromatic heterocycles. The fourth-order valence-corrected chi connectivity index (χ4v) is 9.05. The Morgan fingerprint density at radius 2 is 1.00 bits per heavy atom. The summed E-state index contributed by atoms with van der Waals surface area (Å²) in [5.74, 6) is -3.32. The van der Waals surface area contributed by atoms with Gasteiger partial charge in [-0.05, 0) is 60.7 Å². The van der Waals surface area contributed by atoms with Gasteiger partial charge in [0.2, 0.25) is 11.4 Å². The highest BCUT2D eigenvalue weighted by Gasteiger charge is 2.60. The summed E-state index contributed by atoms with van der Waals surface area (Å²) >= 11 is 6.02. The molecule has 7 heteroatoms. The van der Waals surface area contributed by atoms with Crippen LogP contribution in [0.15, 0.2) is 115 Å². The number of rotatable bonds is 8. The van der Waals surface area contributed by atoms with Gasteiger partial charge >= 0.3 is 5.97 Å². The summed E-state index contributed by atoms with van der Waals surface area (Å²) in [5, 5.41) is 12.6. The minimum absolute atomic E-state index is 0. The molecule has 176 valence electrons. The second-order valence-corrected chi connectivity index (χ2v) is 11.6. The summed E-state index contributed by atoms with van der Waals surface area (Å²) in [6, 6.07) is 34.0. The Hall–Kier alpha value is -3.30. The number of carbonyl (C=O) groups excluding carboxylic acids is 2. The number of carboxylic acids is 1. The molecule has 0 aliphatic carbocycles. The molecule has 4 aromatic carbocycles. The van der Waals surface area contributed by atoms with Crippen LogP contribution in [0.2, 0.25) is 5.02 Å². The van der Waals surface area contributed by atoms with Crippen LogP contribution in [0.4, 0.5) is 0 Å². The van der Waals surface area contributed by atoms with Crippen LogP contribution in [0.1, 0.15) is 10.4 Å². The van der Waals surface area contributed by atoms with Gasteiger partial charge in [-0.1, -0.05) is 66.2 Å². The molecule has 0 heterocycles. The van der Waals surface area contributed by atoms with Crippen LogP contribution in [0.3, 0.4) is 0 Å². The lowest BCUT2D eigenvalue weighted by Gasteiger charge is -2.32. The molecule has 0 aliphatic rings. The van der Waals surface area contributed by atoms with E-state index < -0.39 is 30.5 Å². The number of carboxylic acid groups (broad SMARTS) is 1. The number of halogens is 2. The molecular formula is C28H22Cl2O4P+. The fraction of sp³-hybridized carbons (Fsp3) is 0.0357. The summed E-state index contributed by atoms with van der Waals surface area (Å²) in [5.41, 5.74) is -1.23. The number of carbonyl (C=O) groups is 3. The minimum atomic E-state index is -3.12. The Morgan fingerprint density at radius 1 is 0.629 bits per heavy atom. The molecule has 35 heavy (non-hydrogen) atoms. The highest BCUT2D eigenvalue weighted by atomic mass is 35.5. The lowest BCUT2D eigenvalue weighted by Crippen LogP contribution is -2.48. The average molecular weight is 524 g/mol. The fourth-order valence-electron chi connectivity index (χ4n) is 4.24. The first-order chi connectivity index (χ1) is 16.5. The molecule has 0 spiro atoms. The van der Waals surface area contributed by atoms with Gasteiger partial charge in [-0.3, -0.25) is 9.59 Å². The summed E-state index contributed by atoms with van der Waals surface area (Å²) in [7, 11) is -3.12. The number of Topliss-reactive ketones (excluding diaryl/α,β-unsaturated/α-hetero) is 2. The van der Waals surface area contributed by atoms with E-state index in [1.807, 2.05) is 91.0 Å². The van der Waals surface area contributed by atoms with E-state index in [0.29, 0.717) is 5.02 Å². The van der Waals surface area contributed by atoms with Crippen molar-refractivity contribution in [3.63, 3.8) is 0 Å². The molecule has 1 atom stereocenters. The number of hydrogen-bond acceptors (Lipinski definition) is 3. The summed E-state index contributed by atoms with van der Waals surface area (Å²) in [4.78, 5) is 39.7. The van der Waals surface area contributed by atoms with Gasteiger partial charge in [0.05, 0.1) is 0 Å². The molecule has 1 unspecified atom stereocenters. The predicted octanol–water partition coefficient (Wildman–Crippen LogP) is 4.96. The first-order valence-corrected chi connectivity index (χ1v) is 12.8. The maximum Gasteiger partial charge on any atom is 0.377 e. The Kier molecular flexibility index (Phi) is 8.58. The third kappa shape index (κ3) is 5.06. The zero-order valence-electron chi connectivity index (χ0n) is 18.5. The molecule has 0 bridgehead atoms. The van der Waals surface area contributed by atoms with Gasteiger partial charge in [-0.2, -0.15) is 0 Å². The number of hydrogen-bond donors (Lipinski definition) is 1. The quantitative estimate of drug-likeness (QED) is 0.153. The van der Waals surface area contributed by atoms with Gasteiger partial charge in [0.15, 0.2) is 0 Å². The van der Waals surface area contributed by atoms with Crippen LogP contribution in [0.5, 0.6) is 0 Å². The summed E-state index contributed by atoms with van der Waals surface area (Å²) < 4.78 is 0. The topological polar surface area (TPSA) is 71.4 Å². The molecular weight excluding hydrogens is 502 g/mol. The number of aliphatic carboxylic acids is 1. The van der Waals surface area contributed by atoms with E-state index in [4.69, 9.17) is 11.6 Å². The van der Waals surface area contributed by atoms with Crippen molar-refractivity contribution in [2.24, 2.45) is 0 Å². The van der Waals surface area contributed by atoms with Crippen molar-refractivity contribution in [3.05, 3.63) is 126 Å². The van der Waals surface area contributed by atoms with E-state index in [-0.39, 0.29) is 18.0 Å². The molecule has 0 fully saturated rings. The molecule has 1 N–H and O–H groups in total. The van der Waals surface area contributed by atoms with Crippen molar-refractivity contribution in [2.45, 2.75) is 5.66 Å². The normalized spacial score (nSPS) is 11.7. The van der Waals surface area contributed by atoms with Crippen LogP contribution in [-0.4, -0.2) is 28.3 Å². The Bertz CT molecular complexity index is 1220. The Labute approximate surface area is 215 Å². The maximum atomic E-state index is 14.1. The standard InChI is InChI=1S/C28H20ClO4P.ClH/c29-21-18-16-20(17-19-21)25(30)27(26(31)28(32)33)34(22-10-4-1-5-11-22,23-12-6-2-7-13-23)24-14-8-3-9-15-24;/h1-19,27H;1H/p+1. The molecule has 0 radical (unpaired) electrons. The maximum absolute atomic E-state index is 14.1.